The van der Waals surface area contributed by atoms with Crippen molar-refractivity contribution in [2.45, 2.75) is 6.92 Å². The zero-order valence-corrected chi connectivity index (χ0v) is 13.2. The Labute approximate surface area is 137 Å². The average molecular weight is 319 g/mol. The van der Waals surface area contributed by atoms with Gasteiger partial charge in [0.2, 0.25) is 0 Å². The number of aryl methyl sites for hydroxylation is 1. The van der Waals surface area contributed by atoms with Crippen molar-refractivity contribution >= 4 is 33.1 Å². The minimum Gasteiger partial charge on any atom is -0.339 e. The van der Waals surface area contributed by atoms with E-state index in [1.54, 1.807) is 23.9 Å². The van der Waals surface area contributed by atoms with Gasteiger partial charge >= 0.3 is 0 Å². The maximum absolute atomic E-state index is 4.47. The number of fused-ring (bicyclic) bond motifs is 1. The van der Waals surface area contributed by atoms with Crippen LogP contribution in [-0.4, -0.2) is 19.9 Å². The Kier molecular flexibility index (Phi) is 3.44. The van der Waals surface area contributed by atoms with Gasteiger partial charge in [-0.3, -0.25) is 0 Å². The van der Waals surface area contributed by atoms with Gasteiger partial charge in [0.05, 0.1) is 10.2 Å². The summed E-state index contributed by atoms with van der Waals surface area (Å²) >= 11 is 1.62. The molecular formula is C17H13N5S. The first-order chi connectivity index (χ1) is 11.3. The number of nitrogens with zero attached hydrogens (tertiary/aromatic N) is 4. The number of hydrogen-bond acceptors (Lipinski definition) is 6. The molecule has 0 aliphatic carbocycles. The second kappa shape index (κ2) is 5.73. The Morgan fingerprint density at radius 3 is 2.91 bits per heavy atom. The SMILES string of the molecule is Cc1ccnc(-c2cccc(Nc3ncnc4ccsc34)c2)n1. The van der Waals surface area contributed by atoms with Crippen molar-refractivity contribution in [1.82, 2.24) is 19.9 Å². The highest BCUT2D eigenvalue weighted by Gasteiger charge is 2.07. The standard InChI is InChI=1S/C17H13N5S/c1-11-5-7-18-16(21-11)12-3-2-4-13(9-12)22-17-15-14(6-8-23-15)19-10-20-17/h2-10H,1H3,(H,19,20,22). The van der Waals surface area contributed by atoms with E-state index in [0.717, 1.165) is 38.8 Å². The molecular weight excluding hydrogens is 306 g/mol. The zero-order chi connectivity index (χ0) is 15.6. The summed E-state index contributed by atoms with van der Waals surface area (Å²) in [6.45, 7) is 1.96. The summed E-state index contributed by atoms with van der Waals surface area (Å²) in [7, 11) is 0. The number of hydrogen-bond donors (Lipinski definition) is 1. The Hall–Kier alpha value is -2.86. The van der Waals surface area contributed by atoms with E-state index in [1.165, 1.54) is 0 Å². The molecule has 0 radical (unpaired) electrons. The first-order valence-corrected chi connectivity index (χ1v) is 8.03. The summed E-state index contributed by atoms with van der Waals surface area (Å²) in [6.07, 6.45) is 3.35. The molecule has 0 aliphatic rings. The molecule has 0 fully saturated rings. The van der Waals surface area contributed by atoms with Crippen LogP contribution in [0.3, 0.4) is 0 Å². The van der Waals surface area contributed by atoms with Gasteiger partial charge in [-0.15, -0.1) is 11.3 Å². The molecule has 1 aromatic carbocycles. The van der Waals surface area contributed by atoms with Gasteiger partial charge in [0.1, 0.15) is 6.33 Å². The molecule has 3 heterocycles. The number of anilines is 2. The summed E-state index contributed by atoms with van der Waals surface area (Å²) in [5, 5.41) is 5.38. The predicted octanol–water partition coefficient (Wildman–Crippen LogP) is 4.20. The van der Waals surface area contributed by atoms with E-state index in [1.807, 2.05) is 48.7 Å². The van der Waals surface area contributed by atoms with Crippen LogP contribution in [0.4, 0.5) is 11.5 Å². The lowest BCUT2D eigenvalue weighted by atomic mass is 10.2. The molecule has 0 saturated carbocycles. The van der Waals surface area contributed by atoms with Crippen molar-refractivity contribution in [3.05, 3.63) is 60.0 Å². The lowest BCUT2D eigenvalue weighted by molar-refractivity contribution is 1.11. The van der Waals surface area contributed by atoms with E-state index in [4.69, 9.17) is 0 Å². The van der Waals surface area contributed by atoms with E-state index < -0.39 is 0 Å². The summed E-state index contributed by atoms with van der Waals surface area (Å²) in [6, 6.07) is 11.9. The number of thiophene rings is 1. The largest absolute Gasteiger partial charge is 0.339 e. The fourth-order valence-corrected chi connectivity index (χ4v) is 3.13. The smallest absolute Gasteiger partial charge is 0.159 e. The van der Waals surface area contributed by atoms with Gasteiger partial charge in [-0.05, 0) is 36.6 Å². The highest BCUT2D eigenvalue weighted by molar-refractivity contribution is 7.17. The number of aromatic nitrogens is 4. The van der Waals surface area contributed by atoms with Crippen LogP contribution in [0.5, 0.6) is 0 Å². The predicted molar refractivity (Wildman–Crippen MR) is 92.9 cm³/mol. The van der Waals surface area contributed by atoms with Crippen LogP contribution >= 0.6 is 11.3 Å². The summed E-state index contributed by atoms with van der Waals surface area (Å²) in [5.74, 6) is 1.53. The number of nitrogens with one attached hydrogen (secondary N) is 1. The van der Waals surface area contributed by atoms with E-state index in [-0.39, 0.29) is 0 Å². The molecule has 0 bridgehead atoms. The van der Waals surface area contributed by atoms with Crippen LogP contribution in [0.15, 0.2) is 54.3 Å². The van der Waals surface area contributed by atoms with Gasteiger partial charge in [-0.2, -0.15) is 0 Å². The quantitative estimate of drug-likeness (QED) is 0.613. The molecule has 0 aliphatic heterocycles. The molecule has 0 unspecified atom stereocenters. The van der Waals surface area contributed by atoms with Crippen molar-refractivity contribution in [2.75, 3.05) is 5.32 Å². The Bertz CT molecular complexity index is 979. The molecule has 1 N–H and O–H groups in total. The average Bonchev–Trinajstić information content (AvgIpc) is 3.05. The molecule has 4 aromatic rings. The highest BCUT2D eigenvalue weighted by atomic mass is 32.1. The number of benzene rings is 1. The molecule has 0 atom stereocenters. The molecule has 6 heteroatoms. The topological polar surface area (TPSA) is 63.6 Å². The van der Waals surface area contributed by atoms with Crippen molar-refractivity contribution < 1.29 is 0 Å². The Balaban J connectivity index is 1.70. The second-order valence-corrected chi connectivity index (χ2v) is 6.00. The van der Waals surface area contributed by atoms with Gasteiger partial charge < -0.3 is 5.32 Å². The van der Waals surface area contributed by atoms with Gasteiger partial charge in [0.25, 0.3) is 0 Å². The van der Waals surface area contributed by atoms with Crippen LogP contribution in [0.1, 0.15) is 5.69 Å². The van der Waals surface area contributed by atoms with Crippen molar-refractivity contribution in [3.63, 3.8) is 0 Å². The van der Waals surface area contributed by atoms with Crippen LogP contribution in [0.25, 0.3) is 21.6 Å². The molecule has 23 heavy (non-hydrogen) atoms. The van der Waals surface area contributed by atoms with E-state index in [9.17, 15) is 0 Å². The second-order valence-electron chi connectivity index (χ2n) is 5.08. The highest BCUT2D eigenvalue weighted by Crippen LogP contribution is 2.28. The first kappa shape index (κ1) is 13.8. The summed E-state index contributed by atoms with van der Waals surface area (Å²) in [5.41, 5.74) is 3.81. The summed E-state index contributed by atoms with van der Waals surface area (Å²) in [4.78, 5) is 17.4. The maximum atomic E-state index is 4.47. The lowest BCUT2D eigenvalue weighted by Gasteiger charge is -2.08. The van der Waals surface area contributed by atoms with E-state index in [2.05, 4.69) is 25.3 Å². The fourth-order valence-electron chi connectivity index (χ4n) is 2.34. The third-order valence-corrected chi connectivity index (χ3v) is 4.33. The van der Waals surface area contributed by atoms with Crippen LogP contribution in [-0.2, 0) is 0 Å². The van der Waals surface area contributed by atoms with Crippen molar-refractivity contribution in [3.8, 4) is 11.4 Å². The minimum absolute atomic E-state index is 0.720. The molecule has 0 spiro atoms. The Morgan fingerprint density at radius 2 is 2.00 bits per heavy atom. The van der Waals surface area contributed by atoms with Crippen LogP contribution in [0.2, 0.25) is 0 Å². The fraction of sp³-hybridized carbons (Fsp3) is 0.0588. The van der Waals surface area contributed by atoms with Gasteiger partial charge in [-0.25, -0.2) is 19.9 Å². The van der Waals surface area contributed by atoms with Gasteiger partial charge in [0.15, 0.2) is 11.6 Å². The molecule has 3 aromatic heterocycles. The van der Waals surface area contributed by atoms with E-state index >= 15 is 0 Å². The van der Waals surface area contributed by atoms with Crippen LogP contribution in [0, 0.1) is 6.92 Å². The zero-order valence-electron chi connectivity index (χ0n) is 12.4. The van der Waals surface area contributed by atoms with E-state index in [0.29, 0.717) is 0 Å². The molecule has 112 valence electrons. The molecule has 0 saturated heterocycles. The third kappa shape index (κ3) is 2.76. The lowest BCUT2D eigenvalue weighted by Crippen LogP contribution is -1.96. The van der Waals surface area contributed by atoms with Gasteiger partial charge in [0, 0.05) is 23.1 Å². The molecule has 0 amide bonds. The minimum atomic E-state index is 0.720. The van der Waals surface area contributed by atoms with Crippen molar-refractivity contribution in [1.29, 1.82) is 0 Å². The number of rotatable bonds is 3. The van der Waals surface area contributed by atoms with Crippen LogP contribution < -0.4 is 5.32 Å². The van der Waals surface area contributed by atoms with Crippen molar-refractivity contribution in [2.24, 2.45) is 0 Å². The third-order valence-electron chi connectivity index (χ3n) is 3.42. The molecule has 4 rings (SSSR count). The monoisotopic (exact) mass is 319 g/mol. The summed E-state index contributed by atoms with van der Waals surface area (Å²) < 4.78 is 1.05. The normalized spacial score (nSPS) is 10.8. The first-order valence-electron chi connectivity index (χ1n) is 7.15. The van der Waals surface area contributed by atoms with Gasteiger partial charge in [-0.1, -0.05) is 12.1 Å². The Morgan fingerprint density at radius 1 is 1.04 bits per heavy atom. The molecule has 5 nitrogen and oxygen atoms in total. The maximum Gasteiger partial charge on any atom is 0.159 e.